The van der Waals surface area contributed by atoms with Gasteiger partial charge in [-0.1, -0.05) is 68.1 Å². The van der Waals surface area contributed by atoms with E-state index in [1.165, 1.54) is 40.8 Å². The summed E-state index contributed by atoms with van der Waals surface area (Å²) in [4.78, 5) is 23.9. The van der Waals surface area contributed by atoms with Gasteiger partial charge in [0.15, 0.2) is 11.0 Å². The van der Waals surface area contributed by atoms with Crippen molar-refractivity contribution in [2.75, 3.05) is 23.7 Å². The number of urea groups is 1. The number of nitrogens with one attached hydrogen (secondary N) is 1. The molecule has 2 amide bonds. The Morgan fingerprint density at radius 3 is 2.52 bits per heavy atom. The molecule has 1 aromatic heterocycles. The van der Waals surface area contributed by atoms with Crippen molar-refractivity contribution in [1.29, 1.82) is 0 Å². The molecule has 5 rings (SSSR count). The maximum Gasteiger partial charge on any atom is 0.573 e. The zero-order chi connectivity index (χ0) is 31.1. The Hall–Kier alpha value is -4.32. The summed E-state index contributed by atoms with van der Waals surface area (Å²) >= 11 is 1.61. The van der Waals surface area contributed by atoms with Crippen LogP contribution in [0.25, 0.3) is 17.1 Å². The number of hydrogen-bond donors (Lipinski definition) is 1. The topological polar surface area (TPSA) is 84.6 Å². The third-order valence-corrected chi connectivity index (χ3v) is 8.37. The Morgan fingerprint density at radius 2 is 1.82 bits per heavy atom. The van der Waals surface area contributed by atoms with Crippen molar-refractivity contribution in [1.82, 2.24) is 20.1 Å². The number of carbonyl (C=O) groups is 1. The first kappa shape index (κ1) is 31.1. The van der Waals surface area contributed by atoms with Crippen molar-refractivity contribution in [3.63, 3.8) is 0 Å². The molecular formula is C32H33F3N6O2S. The summed E-state index contributed by atoms with van der Waals surface area (Å²) in [6.07, 6.45) is -0.490. The first-order valence-electron chi connectivity index (χ1n) is 14.5. The summed E-state index contributed by atoms with van der Waals surface area (Å²) in [5.41, 5.74) is 4.73. The number of aromatic nitrogens is 3. The van der Waals surface area contributed by atoms with Crippen LogP contribution in [-0.4, -0.2) is 51.2 Å². The highest BCUT2D eigenvalue weighted by Gasteiger charge is 2.31. The fourth-order valence-electron chi connectivity index (χ4n) is 5.01. The van der Waals surface area contributed by atoms with Gasteiger partial charge < -0.3 is 15.0 Å². The average molecular weight is 623 g/mol. The molecule has 230 valence electrons. The summed E-state index contributed by atoms with van der Waals surface area (Å²) in [5, 5.41) is 8.19. The van der Waals surface area contributed by atoms with Crippen LogP contribution in [0.2, 0.25) is 0 Å². The van der Waals surface area contributed by atoms with E-state index < -0.39 is 6.36 Å². The van der Waals surface area contributed by atoms with Gasteiger partial charge in [0.05, 0.1) is 5.69 Å². The lowest BCUT2D eigenvalue weighted by molar-refractivity contribution is -0.274. The number of benzene rings is 3. The van der Waals surface area contributed by atoms with Crippen molar-refractivity contribution in [2.24, 2.45) is 4.99 Å². The van der Waals surface area contributed by atoms with E-state index in [1.807, 2.05) is 36.4 Å². The van der Waals surface area contributed by atoms with E-state index in [9.17, 15) is 18.0 Å². The van der Waals surface area contributed by atoms with E-state index in [1.54, 1.807) is 11.8 Å². The Labute approximate surface area is 258 Å². The van der Waals surface area contributed by atoms with Gasteiger partial charge >= 0.3 is 12.4 Å². The third kappa shape index (κ3) is 7.79. The predicted molar refractivity (Wildman–Crippen MR) is 168 cm³/mol. The number of nitrogens with zero attached hydrogens (tertiary/aromatic N) is 5. The number of anilines is 1. The maximum absolute atomic E-state index is 12.9. The van der Waals surface area contributed by atoms with Crippen LogP contribution in [0.5, 0.6) is 5.75 Å². The minimum atomic E-state index is -4.75. The van der Waals surface area contributed by atoms with Crippen molar-refractivity contribution < 1.29 is 22.7 Å². The molecule has 1 unspecified atom stereocenters. The van der Waals surface area contributed by atoms with Crippen LogP contribution in [0, 0.1) is 0 Å². The molecule has 1 saturated heterocycles. The molecule has 1 N–H and O–H groups in total. The minimum Gasteiger partial charge on any atom is -0.406 e. The van der Waals surface area contributed by atoms with E-state index in [4.69, 9.17) is 0 Å². The second-order valence-corrected chi connectivity index (χ2v) is 11.3. The lowest BCUT2D eigenvalue weighted by Crippen LogP contribution is -2.36. The smallest absolute Gasteiger partial charge is 0.406 e. The van der Waals surface area contributed by atoms with Gasteiger partial charge in [0.25, 0.3) is 0 Å². The van der Waals surface area contributed by atoms with Crippen molar-refractivity contribution in [3.05, 3.63) is 90.3 Å². The highest BCUT2D eigenvalue weighted by atomic mass is 32.2. The highest BCUT2D eigenvalue weighted by Crippen LogP contribution is 2.29. The summed E-state index contributed by atoms with van der Waals surface area (Å²) < 4.78 is 42.7. The fourth-order valence-corrected chi connectivity index (χ4v) is 5.96. The molecule has 0 saturated carbocycles. The standard InChI is InChI=1S/C32H33F3N6O2S/c1-3-22-8-5-6-9-28(22)40-18-7-19-44-31(40)38-30(42)36-20-23(4-2)24-10-12-25(13-11-24)29-37-21-41(39-29)26-14-16-27(17-15-26)43-32(33,34)35/h5-6,8-17,21,23H,3-4,7,18-20H2,1-2H3,(H,36,42). The highest BCUT2D eigenvalue weighted by molar-refractivity contribution is 8.14. The van der Waals surface area contributed by atoms with Gasteiger partial charge in [0.1, 0.15) is 12.1 Å². The first-order chi connectivity index (χ1) is 21.2. The number of amidine groups is 1. The number of halogens is 3. The van der Waals surface area contributed by atoms with E-state index in [0.717, 1.165) is 53.5 Å². The molecule has 0 radical (unpaired) electrons. The molecule has 0 aliphatic carbocycles. The van der Waals surface area contributed by atoms with Crippen LogP contribution in [0.4, 0.5) is 23.7 Å². The van der Waals surface area contributed by atoms with Crippen LogP contribution >= 0.6 is 11.8 Å². The molecule has 1 atom stereocenters. The molecule has 12 heteroatoms. The quantitative estimate of drug-likeness (QED) is 0.207. The van der Waals surface area contributed by atoms with Gasteiger partial charge in [0.2, 0.25) is 0 Å². The molecule has 0 bridgehead atoms. The second kappa shape index (κ2) is 14.0. The number of ether oxygens (including phenoxy) is 1. The van der Waals surface area contributed by atoms with Crippen LogP contribution < -0.4 is 15.0 Å². The lowest BCUT2D eigenvalue weighted by Gasteiger charge is -2.31. The van der Waals surface area contributed by atoms with E-state index >= 15 is 0 Å². The van der Waals surface area contributed by atoms with Gasteiger partial charge in [-0.2, -0.15) is 4.99 Å². The second-order valence-electron chi connectivity index (χ2n) is 10.2. The summed E-state index contributed by atoms with van der Waals surface area (Å²) in [7, 11) is 0. The number of amides is 2. The molecule has 1 aliphatic rings. The van der Waals surface area contributed by atoms with E-state index in [0.29, 0.717) is 18.1 Å². The van der Waals surface area contributed by atoms with Crippen LogP contribution in [0.1, 0.15) is 43.7 Å². The first-order valence-corrected chi connectivity index (χ1v) is 15.5. The Balaban J connectivity index is 1.21. The Kier molecular flexibility index (Phi) is 9.89. The molecule has 1 fully saturated rings. The number of thioether (sulfide) groups is 1. The number of carbonyl (C=O) groups excluding carboxylic acids is 1. The predicted octanol–water partition coefficient (Wildman–Crippen LogP) is 7.60. The van der Waals surface area contributed by atoms with E-state index in [2.05, 4.69) is 56.0 Å². The number of hydrogen-bond acceptors (Lipinski definition) is 5. The molecule has 8 nitrogen and oxygen atoms in total. The van der Waals surface area contributed by atoms with Gasteiger partial charge in [0, 0.05) is 36.0 Å². The van der Waals surface area contributed by atoms with E-state index in [-0.39, 0.29) is 17.7 Å². The number of aryl methyl sites for hydroxylation is 1. The van der Waals surface area contributed by atoms with Crippen LogP contribution in [0.15, 0.2) is 84.1 Å². The molecule has 3 aromatic carbocycles. The van der Waals surface area contributed by atoms with Gasteiger partial charge in [-0.25, -0.2) is 14.5 Å². The molecule has 0 spiro atoms. The number of alkyl halides is 3. The monoisotopic (exact) mass is 622 g/mol. The largest absolute Gasteiger partial charge is 0.573 e. The van der Waals surface area contributed by atoms with Gasteiger partial charge in [-0.3, -0.25) is 0 Å². The summed E-state index contributed by atoms with van der Waals surface area (Å²) in [6, 6.07) is 21.1. The molecule has 4 aromatic rings. The van der Waals surface area contributed by atoms with Crippen molar-refractivity contribution in [2.45, 2.75) is 45.4 Å². The zero-order valence-corrected chi connectivity index (χ0v) is 25.2. The Morgan fingerprint density at radius 1 is 1.07 bits per heavy atom. The van der Waals surface area contributed by atoms with Crippen molar-refractivity contribution in [3.8, 4) is 22.8 Å². The van der Waals surface area contributed by atoms with Crippen molar-refractivity contribution >= 4 is 28.6 Å². The summed E-state index contributed by atoms with van der Waals surface area (Å²) in [5.74, 6) is 1.19. The van der Waals surface area contributed by atoms with Crippen LogP contribution in [-0.2, 0) is 6.42 Å². The van der Waals surface area contributed by atoms with Crippen LogP contribution in [0.3, 0.4) is 0 Å². The lowest BCUT2D eigenvalue weighted by atomic mass is 9.95. The maximum atomic E-state index is 12.9. The average Bonchev–Trinajstić information content (AvgIpc) is 3.52. The van der Waals surface area contributed by atoms with Gasteiger partial charge in [-0.05, 0) is 60.7 Å². The minimum absolute atomic E-state index is 0.0899. The summed E-state index contributed by atoms with van der Waals surface area (Å²) in [6.45, 7) is 5.48. The number of para-hydroxylation sites is 1. The Bertz CT molecular complexity index is 1590. The molecular weight excluding hydrogens is 589 g/mol. The third-order valence-electron chi connectivity index (χ3n) is 7.31. The SMILES string of the molecule is CCc1ccccc1N1CCCSC1=NC(=O)NCC(CC)c1ccc(-c2ncn(-c3ccc(OC(F)(F)F)cc3)n2)cc1. The molecule has 44 heavy (non-hydrogen) atoms. The zero-order valence-electron chi connectivity index (χ0n) is 24.4. The van der Waals surface area contributed by atoms with Gasteiger partial charge in [-0.15, -0.1) is 18.3 Å². The molecule has 1 aliphatic heterocycles. The number of rotatable bonds is 9. The fraction of sp³-hybridized carbons (Fsp3) is 0.312. The normalized spacial score (nSPS) is 15.3. The molecule has 2 heterocycles. The number of aliphatic imine (C=N–C) groups is 1.